The standard InChI is InChI=1S/C21H19N5O/c1-3-26(18-6-4-5-15(2)13-18)21-23-12-11-19(25-21)20(27)24-17-9-7-16(14-22)8-10-17/h4-13H,3H2,1-2H3,(H,24,27). The van der Waals surface area contributed by atoms with Crippen LogP contribution in [-0.4, -0.2) is 22.4 Å². The van der Waals surface area contributed by atoms with Gasteiger partial charge in [0.2, 0.25) is 5.95 Å². The van der Waals surface area contributed by atoms with Crippen molar-refractivity contribution in [3.8, 4) is 6.07 Å². The van der Waals surface area contributed by atoms with E-state index in [0.717, 1.165) is 11.3 Å². The van der Waals surface area contributed by atoms with E-state index in [1.807, 2.05) is 43.0 Å². The van der Waals surface area contributed by atoms with Crippen molar-refractivity contribution in [2.45, 2.75) is 13.8 Å². The van der Waals surface area contributed by atoms with Crippen molar-refractivity contribution in [3.05, 3.63) is 77.6 Å². The fourth-order valence-corrected chi connectivity index (χ4v) is 2.66. The van der Waals surface area contributed by atoms with E-state index >= 15 is 0 Å². The number of carbonyl (C=O) groups excluding carboxylic acids is 1. The first-order chi connectivity index (χ1) is 13.1. The lowest BCUT2D eigenvalue weighted by atomic mass is 10.2. The molecule has 0 saturated heterocycles. The Morgan fingerprint density at radius 2 is 1.96 bits per heavy atom. The van der Waals surface area contributed by atoms with Gasteiger partial charge < -0.3 is 10.2 Å². The fraction of sp³-hybridized carbons (Fsp3) is 0.143. The van der Waals surface area contributed by atoms with E-state index in [4.69, 9.17) is 5.26 Å². The Hall–Kier alpha value is -3.72. The summed E-state index contributed by atoms with van der Waals surface area (Å²) >= 11 is 0. The summed E-state index contributed by atoms with van der Waals surface area (Å²) in [4.78, 5) is 23.2. The first-order valence-electron chi connectivity index (χ1n) is 8.59. The van der Waals surface area contributed by atoms with Gasteiger partial charge in [-0.3, -0.25) is 4.79 Å². The van der Waals surface area contributed by atoms with Crippen LogP contribution < -0.4 is 10.2 Å². The normalized spacial score (nSPS) is 10.1. The first-order valence-corrected chi connectivity index (χ1v) is 8.59. The molecule has 1 N–H and O–H groups in total. The van der Waals surface area contributed by atoms with Crippen LogP contribution in [0.25, 0.3) is 0 Å². The highest BCUT2D eigenvalue weighted by molar-refractivity contribution is 6.03. The summed E-state index contributed by atoms with van der Waals surface area (Å²) in [7, 11) is 0. The van der Waals surface area contributed by atoms with Crippen molar-refractivity contribution in [3.63, 3.8) is 0 Å². The number of anilines is 3. The third-order valence-corrected chi connectivity index (χ3v) is 4.02. The first kappa shape index (κ1) is 18.1. The minimum absolute atomic E-state index is 0.274. The maximum atomic E-state index is 12.5. The molecule has 0 saturated carbocycles. The van der Waals surface area contributed by atoms with Crippen LogP contribution in [0.5, 0.6) is 0 Å². The van der Waals surface area contributed by atoms with Crippen LogP contribution in [0.1, 0.15) is 28.5 Å². The molecule has 0 atom stereocenters. The van der Waals surface area contributed by atoms with Crippen molar-refractivity contribution in [1.29, 1.82) is 5.26 Å². The number of rotatable bonds is 5. The predicted octanol–water partition coefficient (Wildman–Crippen LogP) is 4.07. The van der Waals surface area contributed by atoms with Gasteiger partial charge in [-0.05, 0) is 61.9 Å². The van der Waals surface area contributed by atoms with Crippen LogP contribution >= 0.6 is 0 Å². The molecule has 0 aliphatic carbocycles. The highest BCUT2D eigenvalue weighted by Gasteiger charge is 2.14. The molecule has 0 spiro atoms. The topological polar surface area (TPSA) is 81.9 Å². The van der Waals surface area contributed by atoms with Crippen molar-refractivity contribution < 1.29 is 4.79 Å². The van der Waals surface area contributed by atoms with E-state index in [1.165, 1.54) is 0 Å². The summed E-state index contributed by atoms with van der Waals surface area (Å²) in [6.45, 7) is 4.71. The maximum Gasteiger partial charge on any atom is 0.274 e. The Kier molecular flexibility index (Phi) is 5.43. The number of hydrogen-bond acceptors (Lipinski definition) is 5. The number of aromatic nitrogens is 2. The predicted molar refractivity (Wildman–Crippen MR) is 105 cm³/mol. The molecule has 3 rings (SSSR count). The van der Waals surface area contributed by atoms with Crippen molar-refractivity contribution in [1.82, 2.24) is 9.97 Å². The number of benzene rings is 2. The summed E-state index contributed by atoms with van der Waals surface area (Å²) in [6, 6.07) is 18.3. The molecule has 6 heteroatoms. The number of nitrogens with zero attached hydrogens (tertiary/aromatic N) is 4. The van der Waals surface area contributed by atoms with E-state index in [2.05, 4.69) is 21.4 Å². The molecule has 2 aromatic carbocycles. The van der Waals surface area contributed by atoms with E-state index in [1.54, 1.807) is 36.5 Å². The van der Waals surface area contributed by atoms with Gasteiger partial charge in [0.05, 0.1) is 11.6 Å². The molecule has 27 heavy (non-hydrogen) atoms. The summed E-state index contributed by atoms with van der Waals surface area (Å²) < 4.78 is 0. The molecule has 0 fully saturated rings. The van der Waals surface area contributed by atoms with Gasteiger partial charge in [0, 0.05) is 24.1 Å². The van der Waals surface area contributed by atoms with E-state index in [-0.39, 0.29) is 11.6 Å². The lowest BCUT2D eigenvalue weighted by Gasteiger charge is -2.21. The van der Waals surface area contributed by atoms with E-state index in [0.29, 0.717) is 23.7 Å². The molecule has 134 valence electrons. The number of hydrogen-bond donors (Lipinski definition) is 1. The van der Waals surface area contributed by atoms with Crippen LogP contribution in [0, 0.1) is 18.3 Å². The van der Waals surface area contributed by atoms with E-state index < -0.39 is 0 Å². The molecular formula is C21H19N5O. The molecule has 0 unspecified atom stereocenters. The third-order valence-electron chi connectivity index (χ3n) is 4.02. The second-order valence-electron chi connectivity index (χ2n) is 5.97. The Bertz CT molecular complexity index is 992. The van der Waals surface area contributed by atoms with Crippen LogP contribution in [0.3, 0.4) is 0 Å². The number of amides is 1. The lowest BCUT2D eigenvalue weighted by Crippen LogP contribution is -2.21. The molecule has 6 nitrogen and oxygen atoms in total. The van der Waals surface area contributed by atoms with Crippen LogP contribution in [-0.2, 0) is 0 Å². The summed E-state index contributed by atoms with van der Waals surface area (Å²) in [5.41, 5.74) is 3.53. The molecule has 1 heterocycles. The molecule has 1 amide bonds. The van der Waals surface area contributed by atoms with Crippen molar-refractivity contribution in [2.75, 3.05) is 16.8 Å². The Morgan fingerprint density at radius 3 is 2.63 bits per heavy atom. The smallest absolute Gasteiger partial charge is 0.274 e. The Labute approximate surface area is 158 Å². The number of carbonyl (C=O) groups is 1. The van der Waals surface area contributed by atoms with E-state index in [9.17, 15) is 4.79 Å². The van der Waals surface area contributed by atoms with Gasteiger partial charge in [-0.1, -0.05) is 12.1 Å². The molecular weight excluding hydrogens is 338 g/mol. The third kappa shape index (κ3) is 4.28. The monoisotopic (exact) mass is 357 g/mol. The quantitative estimate of drug-likeness (QED) is 0.744. The second kappa shape index (κ2) is 8.11. The fourth-order valence-electron chi connectivity index (χ4n) is 2.66. The van der Waals surface area contributed by atoms with Crippen LogP contribution in [0.4, 0.5) is 17.3 Å². The zero-order chi connectivity index (χ0) is 19.2. The minimum Gasteiger partial charge on any atom is -0.321 e. The SMILES string of the molecule is CCN(c1cccc(C)c1)c1nccc(C(=O)Nc2ccc(C#N)cc2)n1. The summed E-state index contributed by atoms with van der Waals surface area (Å²) in [5.74, 6) is 0.138. The lowest BCUT2D eigenvalue weighted by molar-refractivity contribution is 0.102. The summed E-state index contributed by atoms with van der Waals surface area (Å²) in [6.07, 6.45) is 1.58. The van der Waals surface area contributed by atoms with Gasteiger partial charge in [0.15, 0.2) is 0 Å². The van der Waals surface area contributed by atoms with Crippen molar-refractivity contribution in [2.24, 2.45) is 0 Å². The maximum absolute atomic E-state index is 12.5. The van der Waals surface area contributed by atoms with Gasteiger partial charge in [0.1, 0.15) is 5.69 Å². The van der Waals surface area contributed by atoms with Gasteiger partial charge in [-0.2, -0.15) is 5.26 Å². The Balaban J connectivity index is 1.83. The second-order valence-corrected chi connectivity index (χ2v) is 5.97. The zero-order valence-electron chi connectivity index (χ0n) is 15.2. The number of nitrogens with one attached hydrogen (secondary N) is 1. The minimum atomic E-state index is -0.330. The molecule has 3 aromatic rings. The van der Waals surface area contributed by atoms with Gasteiger partial charge in [-0.25, -0.2) is 9.97 Å². The van der Waals surface area contributed by atoms with Crippen molar-refractivity contribution >= 4 is 23.2 Å². The molecule has 0 aliphatic rings. The molecule has 0 aliphatic heterocycles. The van der Waals surface area contributed by atoms with Gasteiger partial charge in [0.25, 0.3) is 5.91 Å². The Morgan fingerprint density at radius 1 is 1.19 bits per heavy atom. The average Bonchev–Trinajstić information content (AvgIpc) is 2.69. The average molecular weight is 357 g/mol. The summed E-state index contributed by atoms with van der Waals surface area (Å²) in [5, 5.41) is 11.6. The molecule has 1 aromatic heterocycles. The van der Waals surface area contributed by atoms with Crippen LogP contribution in [0.15, 0.2) is 60.8 Å². The molecule has 0 bridgehead atoms. The number of aryl methyl sites for hydroxylation is 1. The number of nitriles is 1. The largest absolute Gasteiger partial charge is 0.321 e. The molecule has 0 radical (unpaired) electrons. The highest BCUT2D eigenvalue weighted by atomic mass is 16.1. The van der Waals surface area contributed by atoms with Gasteiger partial charge in [-0.15, -0.1) is 0 Å². The van der Waals surface area contributed by atoms with Gasteiger partial charge >= 0.3 is 0 Å². The highest BCUT2D eigenvalue weighted by Crippen LogP contribution is 2.22. The van der Waals surface area contributed by atoms with Crippen LogP contribution in [0.2, 0.25) is 0 Å². The zero-order valence-corrected chi connectivity index (χ0v) is 15.2.